The van der Waals surface area contributed by atoms with Crippen LogP contribution in [0.25, 0.3) is 0 Å². The van der Waals surface area contributed by atoms with Crippen molar-refractivity contribution in [1.29, 1.82) is 0 Å². The van der Waals surface area contributed by atoms with Crippen LogP contribution in [-0.2, 0) is 0 Å². The number of nitrogens with one attached hydrogen (secondary N) is 1. The Labute approximate surface area is 190 Å². The van der Waals surface area contributed by atoms with Gasteiger partial charge >= 0.3 is 0 Å². The van der Waals surface area contributed by atoms with Crippen molar-refractivity contribution in [3.05, 3.63) is 35.9 Å². The quantitative estimate of drug-likeness (QED) is 0.251. The van der Waals surface area contributed by atoms with Gasteiger partial charge in [0, 0.05) is 38.8 Å². The first kappa shape index (κ1) is 23.8. The topological polar surface area (TPSA) is 69.6 Å². The van der Waals surface area contributed by atoms with Gasteiger partial charge in [-0.3, -0.25) is 9.89 Å². The Morgan fingerprint density at radius 3 is 2.62 bits per heavy atom. The van der Waals surface area contributed by atoms with E-state index in [1.807, 2.05) is 6.07 Å². The van der Waals surface area contributed by atoms with Crippen LogP contribution in [0.4, 0.5) is 0 Å². The lowest BCUT2D eigenvalue weighted by atomic mass is 10.1. The number of methoxy groups -OCH3 is 2. The van der Waals surface area contributed by atoms with E-state index in [1.54, 1.807) is 26.4 Å². The average Bonchev–Trinajstić information content (AvgIpc) is 3.42. The van der Waals surface area contributed by atoms with Gasteiger partial charge < -0.3 is 24.8 Å². The van der Waals surface area contributed by atoms with Gasteiger partial charge in [-0.15, -0.1) is 24.0 Å². The minimum Gasteiger partial charge on any atom is -0.493 e. The van der Waals surface area contributed by atoms with Crippen molar-refractivity contribution in [3.63, 3.8) is 0 Å². The van der Waals surface area contributed by atoms with E-state index >= 15 is 0 Å². The van der Waals surface area contributed by atoms with Crippen molar-refractivity contribution in [2.45, 2.75) is 25.5 Å². The lowest BCUT2D eigenvalue weighted by Crippen LogP contribution is -2.43. The fourth-order valence-electron chi connectivity index (χ4n) is 3.79. The SMILES string of the molecule is CCNC(=NCC(O)c1ccc(OC)c(OC)c1)N1CCC(N2CC=CC2)C1.I. The van der Waals surface area contributed by atoms with Crippen LogP contribution in [0.1, 0.15) is 25.0 Å². The van der Waals surface area contributed by atoms with E-state index in [4.69, 9.17) is 14.5 Å². The Bertz CT molecular complexity index is 705. The monoisotopic (exact) mass is 516 g/mol. The van der Waals surface area contributed by atoms with E-state index in [0.29, 0.717) is 24.1 Å². The Morgan fingerprint density at radius 1 is 1.24 bits per heavy atom. The van der Waals surface area contributed by atoms with E-state index in [9.17, 15) is 5.11 Å². The van der Waals surface area contributed by atoms with Gasteiger partial charge in [0.1, 0.15) is 0 Å². The molecule has 0 saturated carbocycles. The van der Waals surface area contributed by atoms with Gasteiger partial charge in [0.2, 0.25) is 0 Å². The minimum absolute atomic E-state index is 0. The first-order valence-corrected chi connectivity index (χ1v) is 9.98. The molecule has 0 aliphatic carbocycles. The number of ether oxygens (including phenoxy) is 2. The molecular weight excluding hydrogens is 483 g/mol. The summed E-state index contributed by atoms with van der Waals surface area (Å²) in [6.45, 7) is 7.22. The highest BCUT2D eigenvalue weighted by atomic mass is 127. The largest absolute Gasteiger partial charge is 0.493 e. The van der Waals surface area contributed by atoms with Gasteiger partial charge in [0.25, 0.3) is 0 Å². The molecule has 29 heavy (non-hydrogen) atoms. The first-order chi connectivity index (χ1) is 13.7. The normalized spacial score (nSPS) is 20.5. The van der Waals surface area contributed by atoms with Crippen LogP contribution >= 0.6 is 24.0 Å². The predicted molar refractivity (Wildman–Crippen MR) is 127 cm³/mol. The second-order valence-electron chi connectivity index (χ2n) is 7.14. The molecule has 2 N–H and O–H groups in total. The number of likely N-dealkylation sites (tertiary alicyclic amines) is 1. The molecule has 0 spiro atoms. The summed E-state index contributed by atoms with van der Waals surface area (Å²) in [5, 5.41) is 14.0. The lowest BCUT2D eigenvalue weighted by Gasteiger charge is -2.25. The maximum atomic E-state index is 10.6. The molecule has 0 radical (unpaired) electrons. The number of hydrogen-bond acceptors (Lipinski definition) is 5. The van der Waals surface area contributed by atoms with Gasteiger partial charge in [-0.25, -0.2) is 0 Å². The van der Waals surface area contributed by atoms with Crippen LogP contribution in [-0.4, -0.2) is 80.4 Å². The summed E-state index contributed by atoms with van der Waals surface area (Å²) in [7, 11) is 3.19. The van der Waals surface area contributed by atoms with Crippen molar-refractivity contribution in [2.24, 2.45) is 4.99 Å². The molecule has 2 heterocycles. The molecule has 2 unspecified atom stereocenters. The van der Waals surface area contributed by atoms with E-state index in [-0.39, 0.29) is 24.0 Å². The third-order valence-electron chi connectivity index (χ3n) is 5.37. The summed E-state index contributed by atoms with van der Waals surface area (Å²) in [6.07, 6.45) is 4.92. The molecule has 0 aromatic heterocycles. The van der Waals surface area contributed by atoms with Crippen molar-refractivity contribution >= 4 is 29.9 Å². The first-order valence-electron chi connectivity index (χ1n) is 9.98. The zero-order valence-corrected chi connectivity index (χ0v) is 19.8. The van der Waals surface area contributed by atoms with E-state index in [2.05, 4.69) is 34.2 Å². The number of aliphatic hydroxyl groups excluding tert-OH is 1. The Hall–Kier alpha value is -1.52. The van der Waals surface area contributed by atoms with Gasteiger partial charge in [-0.1, -0.05) is 18.2 Å². The Balaban J connectivity index is 0.00000300. The Morgan fingerprint density at radius 2 is 1.97 bits per heavy atom. The highest BCUT2D eigenvalue weighted by Crippen LogP contribution is 2.30. The van der Waals surface area contributed by atoms with E-state index < -0.39 is 6.10 Å². The summed E-state index contributed by atoms with van der Waals surface area (Å²) in [5.74, 6) is 2.13. The highest BCUT2D eigenvalue weighted by Gasteiger charge is 2.29. The van der Waals surface area contributed by atoms with Crippen molar-refractivity contribution in [1.82, 2.24) is 15.1 Å². The van der Waals surface area contributed by atoms with Crippen molar-refractivity contribution in [2.75, 3.05) is 53.5 Å². The summed E-state index contributed by atoms with van der Waals surface area (Å²) < 4.78 is 10.6. The molecule has 2 atom stereocenters. The number of benzene rings is 1. The molecular formula is C21H33IN4O3. The van der Waals surface area contributed by atoms with Crippen LogP contribution < -0.4 is 14.8 Å². The van der Waals surface area contributed by atoms with Crippen molar-refractivity contribution in [3.8, 4) is 11.5 Å². The van der Waals surface area contributed by atoms with Gasteiger partial charge in [0.05, 0.1) is 26.9 Å². The molecule has 8 heteroatoms. The number of rotatable bonds is 7. The molecule has 1 aromatic carbocycles. The molecule has 1 fully saturated rings. The van der Waals surface area contributed by atoms with Gasteiger partial charge in [-0.2, -0.15) is 0 Å². The standard InChI is InChI=1S/C21H32N4O3.HI/c1-4-22-21(25-12-9-17(15-25)24-10-5-6-11-24)23-14-18(26)16-7-8-19(27-2)20(13-16)28-3;/h5-8,13,17-18,26H,4,9-12,14-15H2,1-3H3,(H,22,23);1H. The summed E-state index contributed by atoms with van der Waals surface area (Å²) in [4.78, 5) is 9.51. The van der Waals surface area contributed by atoms with Crippen LogP contribution in [0.5, 0.6) is 11.5 Å². The number of hydrogen-bond donors (Lipinski definition) is 2. The zero-order valence-electron chi connectivity index (χ0n) is 17.5. The third kappa shape index (κ3) is 5.99. The van der Waals surface area contributed by atoms with Gasteiger partial charge in [-0.05, 0) is 31.0 Å². The maximum absolute atomic E-state index is 10.6. The third-order valence-corrected chi connectivity index (χ3v) is 5.37. The number of guanidine groups is 1. The maximum Gasteiger partial charge on any atom is 0.194 e. The molecule has 0 amide bonds. The van der Waals surface area contributed by atoms with Gasteiger partial charge in [0.15, 0.2) is 17.5 Å². The smallest absolute Gasteiger partial charge is 0.194 e. The summed E-state index contributed by atoms with van der Waals surface area (Å²) >= 11 is 0. The molecule has 3 rings (SSSR count). The second-order valence-corrected chi connectivity index (χ2v) is 7.14. The molecule has 2 aliphatic rings. The minimum atomic E-state index is -0.699. The molecule has 162 valence electrons. The van der Waals surface area contributed by atoms with Crippen LogP contribution in [0, 0.1) is 0 Å². The number of halogens is 1. The average molecular weight is 516 g/mol. The molecule has 0 bridgehead atoms. The second kappa shape index (κ2) is 11.6. The predicted octanol–water partition coefficient (Wildman–Crippen LogP) is 2.27. The molecule has 1 saturated heterocycles. The highest BCUT2D eigenvalue weighted by molar-refractivity contribution is 14.0. The fraction of sp³-hybridized carbons (Fsp3) is 0.571. The zero-order chi connectivity index (χ0) is 19.9. The molecule has 7 nitrogen and oxygen atoms in total. The van der Waals surface area contributed by atoms with E-state index in [0.717, 1.165) is 50.7 Å². The van der Waals surface area contributed by atoms with Crippen LogP contribution in [0.3, 0.4) is 0 Å². The van der Waals surface area contributed by atoms with Crippen LogP contribution in [0.2, 0.25) is 0 Å². The molecule has 2 aliphatic heterocycles. The number of aliphatic imine (C=N–C) groups is 1. The fourth-order valence-corrected chi connectivity index (χ4v) is 3.79. The van der Waals surface area contributed by atoms with Crippen LogP contribution in [0.15, 0.2) is 35.3 Å². The van der Waals surface area contributed by atoms with E-state index in [1.165, 1.54) is 0 Å². The summed E-state index contributed by atoms with van der Waals surface area (Å²) in [6, 6.07) is 6.02. The lowest BCUT2D eigenvalue weighted by molar-refractivity contribution is 0.186. The molecule has 1 aromatic rings. The summed E-state index contributed by atoms with van der Waals surface area (Å²) in [5.41, 5.74) is 0.764. The van der Waals surface area contributed by atoms with Crippen molar-refractivity contribution < 1.29 is 14.6 Å². The number of aliphatic hydroxyl groups is 1. The number of nitrogens with zero attached hydrogens (tertiary/aromatic N) is 3. The Kier molecular flexibility index (Phi) is 9.51.